The van der Waals surface area contributed by atoms with Crippen LogP contribution in [-0.4, -0.2) is 18.6 Å². The highest BCUT2D eigenvalue weighted by Crippen LogP contribution is 2.29. The molecule has 0 aliphatic heterocycles. The van der Waals surface area contributed by atoms with Gasteiger partial charge in [-0.3, -0.25) is 4.79 Å². The van der Waals surface area contributed by atoms with Crippen LogP contribution >= 0.6 is 0 Å². The summed E-state index contributed by atoms with van der Waals surface area (Å²) in [5.41, 5.74) is -1.22. The van der Waals surface area contributed by atoms with Crippen molar-refractivity contribution >= 4 is 11.8 Å². The molecule has 0 fully saturated rings. The summed E-state index contributed by atoms with van der Waals surface area (Å²) < 4.78 is 50.9. The second-order valence-electron chi connectivity index (χ2n) is 5.35. The molecule has 2 rings (SSSR count). The summed E-state index contributed by atoms with van der Waals surface area (Å²) in [5, 5.41) is 12.3. The van der Waals surface area contributed by atoms with Crippen LogP contribution in [0.1, 0.15) is 18.2 Å². The molecule has 2 aromatic rings. The van der Waals surface area contributed by atoms with Gasteiger partial charge in [0, 0.05) is 17.7 Å². The Bertz CT molecular complexity index is 970. The fourth-order valence-corrected chi connectivity index (χ4v) is 2.25. The summed E-state index contributed by atoms with van der Waals surface area (Å²) in [7, 11) is 1.34. The third-order valence-corrected chi connectivity index (χ3v) is 3.37. The summed E-state index contributed by atoms with van der Waals surface area (Å²) in [6, 6.07) is 5.64. The summed E-state index contributed by atoms with van der Waals surface area (Å²) >= 11 is 0. The number of hydrogen-bond acceptors (Lipinski definition) is 7. The van der Waals surface area contributed by atoms with Crippen molar-refractivity contribution in [3.05, 3.63) is 68.8 Å². The fourth-order valence-electron chi connectivity index (χ4n) is 2.25. The van der Waals surface area contributed by atoms with Crippen molar-refractivity contribution in [1.82, 2.24) is 0 Å². The van der Waals surface area contributed by atoms with Crippen LogP contribution in [0.25, 0.3) is 23.1 Å². The third-order valence-electron chi connectivity index (χ3n) is 3.37. The van der Waals surface area contributed by atoms with Crippen molar-refractivity contribution in [3.63, 3.8) is 0 Å². The topological polar surface area (TPSA) is 98.3 Å². The van der Waals surface area contributed by atoms with Crippen LogP contribution in [0.15, 0.2) is 56.7 Å². The molecule has 1 heterocycles. The first-order valence-electron chi connectivity index (χ1n) is 7.63. The van der Waals surface area contributed by atoms with Crippen molar-refractivity contribution < 1.29 is 32.2 Å². The summed E-state index contributed by atoms with van der Waals surface area (Å²) in [5.74, 6) is -1.07. The van der Waals surface area contributed by atoms with Gasteiger partial charge in [-0.15, -0.1) is 18.1 Å². The van der Waals surface area contributed by atoms with Gasteiger partial charge in [0.05, 0.1) is 18.9 Å². The highest BCUT2D eigenvalue weighted by Gasteiger charge is 2.31. The second-order valence-corrected chi connectivity index (χ2v) is 5.35. The van der Waals surface area contributed by atoms with E-state index in [1.54, 1.807) is 0 Å². The second kappa shape index (κ2) is 8.42. The summed E-state index contributed by atoms with van der Waals surface area (Å²) in [6.07, 6.45) is -2.43. The van der Waals surface area contributed by atoms with E-state index in [0.29, 0.717) is 0 Å². The summed E-state index contributed by atoms with van der Waals surface area (Å²) in [4.78, 5) is 23.5. The number of alkyl halides is 3. The zero-order chi connectivity index (χ0) is 20.9. The van der Waals surface area contributed by atoms with Crippen LogP contribution in [0.4, 0.5) is 13.2 Å². The Morgan fingerprint density at radius 2 is 1.89 bits per heavy atom. The molecule has 0 unspecified atom stereocenters. The predicted molar refractivity (Wildman–Crippen MR) is 94.2 cm³/mol. The number of benzene rings is 1. The SMILES string of the molecule is CO/C=C/c1oc(-c2ccc(OC(F)(F)F)cc2)cc(=O)c1/C(N=O)=C(\C)O. The van der Waals surface area contributed by atoms with Crippen LogP contribution < -0.4 is 10.2 Å². The van der Waals surface area contributed by atoms with E-state index in [1.807, 2.05) is 0 Å². The minimum Gasteiger partial charge on any atom is -0.510 e. The number of halogens is 3. The number of hydrogen-bond donors (Lipinski definition) is 1. The van der Waals surface area contributed by atoms with E-state index in [-0.39, 0.29) is 22.6 Å². The number of aliphatic hydroxyl groups excluding tert-OH is 1. The Hall–Kier alpha value is -3.56. The normalized spacial score (nSPS) is 12.6. The first-order valence-corrected chi connectivity index (χ1v) is 7.63. The van der Waals surface area contributed by atoms with E-state index < -0.39 is 29.0 Å². The Morgan fingerprint density at radius 3 is 2.39 bits per heavy atom. The first kappa shape index (κ1) is 20.7. The maximum absolute atomic E-state index is 12.5. The molecule has 148 valence electrons. The van der Waals surface area contributed by atoms with Gasteiger partial charge in [-0.25, -0.2) is 0 Å². The maximum atomic E-state index is 12.5. The lowest BCUT2D eigenvalue weighted by Gasteiger charge is -2.10. The Labute approximate surface area is 156 Å². The zero-order valence-electron chi connectivity index (χ0n) is 14.6. The molecule has 0 bridgehead atoms. The van der Waals surface area contributed by atoms with E-state index in [0.717, 1.165) is 18.2 Å². The van der Waals surface area contributed by atoms with Gasteiger partial charge in [0.1, 0.15) is 23.0 Å². The smallest absolute Gasteiger partial charge is 0.510 e. The molecule has 7 nitrogen and oxygen atoms in total. The molecule has 0 saturated carbocycles. The van der Waals surface area contributed by atoms with Crippen molar-refractivity contribution in [2.45, 2.75) is 13.3 Å². The molecule has 1 aromatic heterocycles. The molecule has 10 heteroatoms. The van der Waals surface area contributed by atoms with E-state index in [4.69, 9.17) is 9.15 Å². The molecule has 0 aliphatic carbocycles. The molecule has 1 aromatic carbocycles. The molecule has 0 radical (unpaired) electrons. The van der Waals surface area contributed by atoms with Crippen LogP contribution in [-0.2, 0) is 4.74 Å². The minimum atomic E-state index is -4.83. The molecule has 0 saturated heterocycles. The lowest BCUT2D eigenvalue weighted by Crippen LogP contribution is -2.16. The molecule has 0 amide bonds. The monoisotopic (exact) mass is 397 g/mol. The standard InChI is InChI=1S/C18H14F3NO6/c1-10(23)17(22-25)16-13(24)9-15(27-14(16)7-8-26-2)11-3-5-12(6-4-11)28-18(19,20)21/h3-9,23H,1-2H3/b8-7+,17-10-. The zero-order valence-corrected chi connectivity index (χ0v) is 14.6. The lowest BCUT2D eigenvalue weighted by molar-refractivity contribution is -0.274. The van der Waals surface area contributed by atoms with Gasteiger partial charge in [-0.05, 0) is 36.4 Å². The Kier molecular flexibility index (Phi) is 6.24. The maximum Gasteiger partial charge on any atom is 0.573 e. The predicted octanol–water partition coefficient (Wildman–Crippen LogP) is 4.84. The van der Waals surface area contributed by atoms with Gasteiger partial charge in [-0.1, -0.05) is 0 Å². The van der Waals surface area contributed by atoms with Crippen molar-refractivity contribution in [1.29, 1.82) is 0 Å². The van der Waals surface area contributed by atoms with E-state index >= 15 is 0 Å². The van der Waals surface area contributed by atoms with Crippen LogP contribution in [0.5, 0.6) is 5.75 Å². The number of nitrogens with zero attached hydrogens (tertiary/aromatic N) is 1. The van der Waals surface area contributed by atoms with Gasteiger partial charge in [0.2, 0.25) is 0 Å². The molecular formula is C18H14F3NO6. The number of ether oxygens (including phenoxy) is 2. The van der Waals surface area contributed by atoms with E-state index in [9.17, 15) is 28.0 Å². The van der Waals surface area contributed by atoms with Crippen LogP contribution in [0, 0.1) is 4.91 Å². The van der Waals surface area contributed by atoms with Crippen molar-refractivity contribution in [2.24, 2.45) is 5.18 Å². The van der Waals surface area contributed by atoms with Gasteiger partial charge in [0.25, 0.3) is 0 Å². The van der Waals surface area contributed by atoms with Gasteiger partial charge in [0.15, 0.2) is 11.1 Å². The largest absolute Gasteiger partial charge is 0.573 e. The van der Waals surface area contributed by atoms with Gasteiger partial charge in [-0.2, -0.15) is 0 Å². The number of aliphatic hydroxyl groups is 1. The molecule has 0 aliphatic rings. The van der Waals surface area contributed by atoms with Crippen LogP contribution in [0.2, 0.25) is 0 Å². The fraction of sp³-hybridized carbons (Fsp3) is 0.167. The highest BCUT2D eigenvalue weighted by molar-refractivity contribution is 5.73. The Morgan fingerprint density at radius 1 is 1.25 bits per heavy atom. The lowest BCUT2D eigenvalue weighted by atomic mass is 10.1. The van der Waals surface area contributed by atoms with Crippen molar-refractivity contribution in [2.75, 3.05) is 7.11 Å². The first-order chi connectivity index (χ1) is 13.2. The average molecular weight is 397 g/mol. The van der Waals surface area contributed by atoms with Crippen LogP contribution in [0.3, 0.4) is 0 Å². The highest BCUT2D eigenvalue weighted by atomic mass is 19.4. The number of rotatable bonds is 6. The van der Waals surface area contributed by atoms with Gasteiger partial charge >= 0.3 is 6.36 Å². The molecular weight excluding hydrogens is 383 g/mol. The average Bonchev–Trinajstić information content (AvgIpc) is 2.61. The van der Waals surface area contributed by atoms with Gasteiger partial charge < -0.3 is 19.0 Å². The quantitative estimate of drug-likeness (QED) is 0.553. The molecule has 1 N–H and O–H groups in total. The van der Waals surface area contributed by atoms with E-state index in [1.165, 1.54) is 38.5 Å². The van der Waals surface area contributed by atoms with Crippen molar-refractivity contribution in [3.8, 4) is 17.1 Å². The number of methoxy groups -OCH3 is 1. The molecule has 0 spiro atoms. The molecule has 28 heavy (non-hydrogen) atoms. The minimum absolute atomic E-state index is 0.00361. The Balaban J connectivity index is 2.57. The third kappa shape index (κ3) is 5.00. The number of allylic oxidation sites excluding steroid dienone is 1. The number of nitroso groups, excluding NO2 is 1. The van der Waals surface area contributed by atoms with E-state index in [2.05, 4.69) is 9.91 Å². The molecule has 0 atom stereocenters. The summed E-state index contributed by atoms with van der Waals surface area (Å²) in [6.45, 7) is 1.17.